The molecule has 1 fully saturated rings. The molecule has 1 aliphatic heterocycles. The lowest BCUT2D eigenvalue weighted by molar-refractivity contribution is -0.140. The van der Waals surface area contributed by atoms with Gasteiger partial charge in [-0.1, -0.05) is 79.1 Å². The highest BCUT2D eigenvalue weighted by Gasteiger charge is 2.50. The van der Waals surface area contributed by atoms with Gasteiger partial charge in [-0.15, -0.1) is 0 Å². The molecule has 0 spiro atoms. The van der Waals surface area contributed by atoms with E-state index in [1.165, 1.54) is 7.11 Å². The topological polar surface area (TPSA) is 131 Å². The van der Waals surface area contributed by atoms with Crippen molar-refractivity contribution in [1.29, 1.82) is 0 Å². The smallest absolute Gasteiger partial charge is 0.305 e. The molecule has 12 heteroatoms. The number of esters is 1. The van der Waals surface area contributed by atoms with Crippen LogP contribution >= 0.6 is 11.6 Å². The second kappa shape index (κ2) is 14.3. The number of hydrogen-bond acceptors (Lipinski definition) is 7. The largest absolute Gasteiger partial charge is 0.469 e. The number of ether oxygens (including phenoxy) is 1. The first kappa shape index (κ1) is 32.9. The molecular weight excluding hydrogens is 618 g/mol. The molecule has 1 heterocycles. The second-order valence-corrected chi connectivity index (χ2v) is 14.0. The maximum absolute atomic E-state index is 14.3. The summed E-state index contributed by atoms with van der Waals surface area (Å²) in [5.41, 5.74) is 5.34. The lowest BCUT2D eigenvalue weighted by Crippen LogP contribution is -2.63. The Balaban J connectivity index is 1.43. The molecule has 45 heavy (non-hydrogen) atoms. The maximum Gasteiger partial charge on any atom is 0.305 e. The van der Waals surface area contributed by atoms with Crippen molar-refractivity contribution in [1.82, 2.24) is 15.1 Å². The van der Waals surface area contributed by atoms with Crippen LogP contribution in [0.15, 0.2) is 71.8 Å². The van der Waals surface area contributed by atoms with E-state index in [4.69, 9.17) is 21.2 Å². The molecule has 0 aromatic heterocycles. The number of carbonyl (C=O) groups excluding carboxylic acids is 3. The predicted molar refractivity (Wildman–Crippen MR) is 169 cm³/mol. The van der Waals surface area contributed by atoms with Crippen LogP contribution < -0.4 is 10.2 Å². The van der Waals surface area contributed by atoms with Crippen molar-refractivity contribution >= 4 is 39.4 Å². The molecule has 0 saturated heterocycles. The number of hydroxylamine groups is 1. The summed E-state index contributed by atoms with van der Waals surface area (Å²) in [6.07, 6.45) is 10.1. The number of halogens is 1. The van der Waals surface area contributed by atoms with Gasteiger partial charge in [-0.25, -0.2) is 18.6 Å². The third-order valence-electron chi connectivity index (χ3n) is 8.63. The third kappa shape index (κ3) is 7.84. The van der Waals surface area contributed by atoms with Gasteiger partial charge < -0.3 is 9.64 Å². The first-order chi connectivity index (χ1) is 21.6. The van der Waals surface area contributed by atoms with Gasteiger partial charge in [-0.3, -0.25) is 19.2 Å². The molecular formula is C33H38ClN3O7S. The van der Waals surface area contributed by atoms with Gasteiger partial charge in [0.1, 0.15) is 0 Å². The molecule has 5 atom stereocenters. The summed E-state index contributed by atoms with van der Waals surface area (Å²) in [5.74, 6) is -2.20. The summed E-state index contributed by atoms with van der Waals surface area (Å²) in [6, 6.07) is 12.9. The molecule has 0 bridgehead atoms. The Kier molecular flexibility index (Phi) is 10.4. The summed E-state index contributed by atoms with van der Waals surface area (Å²) >= 11 is 6.38. The Morgan fingerprint density at radius 3 is 2.56 bits per heavy atom. The van der Waals surface area contributed by atoms with Crippen LogP contribution in [0.1, 0.15) is 65.1 Å². The minimum atomic E-state index is -3.56. The van der Waals surface area contributed by atoms with Crippen LogP contribution in [0.5, 0.6) is 0 Å². The van der Waals surface area contributed by atoms with Crippen LogP contribution in [0.2, 0.25) is 0 Å². The number of rotatable bonds is 11. The maximum atomic E-state index is 14.3. The van der Waals surface area contributed by atoms with Gasteiger partial charge in [0, 0.05) is 35.0 Å². The average Bonchev–Trinajstić information content (AvgIpc) is 3.45. The van der Waals surface area contributed by atoms with Crippen molar-refractivity contribution < 1.29 is 32.4 Å². The van der Waals surface area contributed by atoms with Crippen molar-refractivity contribution in [3.8, 4) is 0 Å². The highest BCUT2D eigenvalue weighted by Crippen LogP contribution is 2.43. The zero-order valence-corrected chi connectivity index (χ0v) is 26.9. The number of nitrogens with one attached hydrogen (secondary N) is 2. The number of aryl methyl sites for hydroxylation is 1. The van der Waals surface area contributed by atoms with Gasteiger partial charge in [-0.2, -0.15) is 0 Å². The second-order valence-electron chi connectivity index (χ2n) is 11.8. The van der Waals surface area contributed by atoms with Gasteiger partial charge in [0.15, 0.2) is 0 Å². The van der Waals surface area contributed by atoms with Gasteiger partial charge in [0.25, 0.3) is 11.8 Å². The Labute approximate surface area is 268 Å². The average molecular weight is 656 g/mol. The van der Waals surface area contributed by atoms with E-state index in [1.807, 2.05) is 36.4 Å². The standard InChI is InChI=1S/C33H38ClN3O7S/c1-43-29(38)17-14-21-8-7-9-22(18-21)20-44-35-32(39)30-25-10-3-4-11-26(25)33(40)37(31(30)23-15-16-24(34)19-23)28-13-6-5-12-27(28)36-45(2,41)42/h3-4,7-11,15-16,18-19,23,27-28,30-31,36H,5-6,12-14,17,20H2,1-2H3,(H,35,39)/t23?,27-,28-,30+,31?/m0/s1. The zero-order valence-electron chi connectivity index (χ0n) is 25.3. The number of amides is 2. The quantitative estimate of drug-likeness (QED) is 0.275. The van der Waals surface area contributed by atoms with Crippen molar-refractivity contribution in [3.63, 3.8) is 0 Å². The van der Waals surface area contributed by atoms with E-state index < -0.39 is 45.9 Å². The van der Waals surface area contributed by atoms with Gasteiger partial charge in [-0.05, 0) is 48.1 Å². The van der Waals surface area contributed by atoms with Crippen molar-refractivity contribution in [2.45, 2.75) is 69.2 Å². The number of hydrogen-bond donors (Lipinski definition) is 2. The Hall–Kier alpha value is -3.51. The molecule has 2 aliphatic carbocycles. The van der Waals surface area contributed by atoms with Crippen LogP contribution in [0, 0.1) is 5.92 Å². The Morgan fingerprint density at radius 1 is 1.07 bits per heavy atom. The molecule has 2 aromatic carbocycles. The first-order valence-electron chi connectivity index (χ1n) is 15.1. The zero-order chi connectivity index (χ0) is 32.1. The number of benzene rings is 2. The fourth-order valence-electron chi connectivity index (χ4n) is 6.70. The highest BCUT2D eigenvalue weighted by molar-refractivity contribution is 7.88. The van der Waals surface area contributed by atoms with Gasteiger partial charge in [0.2, 0.25) is 10.0 Å². The molecule has 10 nitrogen and oxygen atoms in total. The molecule has 2 aromatic rings. The summed E-state index contributed by atoms with van der Waals surface area (Å²) in [5, 5.41) is 0.503. The number of carbonyl (C=O) groups is 3. The number of methoxy groups -OCH3 is 1. The van der Waals surface area contributed by atoms with Gasteiger partial charge >= 0.3 is 5.97 Å². The molecule has 2 unspecified atom stereocenters. The Morgan fingerprint density at radius 2 is 1.82 bits per heavy atom. The van der Waals surface area contributed by atoms with E-state index in [9.17, 15) is 22.8 Å². The monoisotopic (exact) mass is 655 g/mol. The van der Waals surface area contributed by atoms with Crippen LogP contribution in [0.4, 0.5) is 0 Å². The molecule has 2 N–H and O–H groups in total. The van der Waals surface area contributed by atoms with E-state index in [1.54, 1.807) is 35.2 Å². The summed E-state index contributed by atoms with van der Waals surface area (Å²) < 4.78 is 32.2. The molecule has 1 saturated carbocycles. The van der Waals surface area contributed by atoms with Crippen LogP contribution in [-0.2, 0) is 42.2 Å². The minimum Gasteiger partial charge on any atom is -0.469 e. The predicted octanol–water partition coefficient (Wildman–Crippen LogP) is 4.12. The molecule has 240 valence electrons. The van der Waals surface area contributed by atoms with Crippen LogP contribution in [0.25, 0.3) is 0 Å². The first-order valence-corrected chi connectivity index (χ1v) is 17.3. The number of sulfonamides is 1. The number of fused-ring (bicyclic) bond motifs is 1. The van der Waals surface area contributed by atoms with Crippen LogP contribution in [0.3, 0.4) is 0 Å². The van der Waals surface area contributed by atoms with E-state index in [-0.39, 0.29) is 24.9 Å². The fraction of sp³-hybridized carbons (Fsp3) is 0.424. The van der Waals surface area contributed by atoms with Crippen molar-refractivity contribution in [2.24, 2.45) is 5.92 Å². The van der Waals surface area contributed by atoms with E-state index in [0.29, 0.717) is 35.4 Å². The number of nitrogens with zero attached hydrogens (tertiary/aromatic N) is 1. The van der Waals surface area contributed by atoms with Crippen molar-refractivity contribution in [2.75, 3.05) is 13.4 Å². The minimum absolute atomic E-state index is 0.0809. The summed E-state index contributed by atoms with van der Waals surface area (Å²) in [6.45, 7) is 0.0809. The summed E-state index contributed by atoms with van der Waals surface area (Å²) in [4.78, 5) is 47.4. The van der Waals surface area contributed by atoms with E-state index in [0.717, 1.165) is 30.2 Å². The van der Waals surface area contributed by atoms with Crippen LogP contribution in [-0.4, -0.2) is 62.6 Å². The van der Waals surface area contributed by atoms with E-state index in [2.05, 4.69) is 10.2 Å². The lowest BCUT2D eigenvalue weighted by atomic mass is 9.74. The molecule has 3 aliphatic rings. The Bertz CT molecular complexity index is 1610. The third-order valence-corrected chi connectivity index (χ3v) is 9.61. The van der Waals surface area contributed by atoms with E-state index >= 15 is 0 Å². The molecule has 0 radical (unpaired) electrons. The highest BCUT2D eigenvalue weighted by atomic mass is 35.5. The normalized spacial score (nSPS) is 24.6. The lowest BCUT2D eigenvalue weighted by Gasteiger charge is -2.50. The number of allylic oxidation sites excluding steroid dienone is 2. The molecule has 2 amide bonds. The van der Waals surface area contributed by atoms with Crippen molar-refractivity contribution in [3.05, 3.63) is 94.0 Å². The summed E-state index contributed by atoms with van der Waals surface area (Å²) in [7, 11) is -2.20. The molecule has 5 rings (SSSR count). The van der Waals surface area contributed by atoms with Gasteiger partial charge in [0.05, 0.1) is 31.9 Å². The fourth-order valence-corrected chi connectivity index (χ4v) is 7.75. The SMILES string of the molecule is COC(=O)CCc1cccc(CONC(=O)[C@@H]2c3ccccc3C(=O)N([C@H]3CCCC[C@@H]3NS(C)(=O)=O)C2C2C=CC(Cl)=C2)c1.